The highest BCUT2D eigenvalue weighted by atomic mass is 16.5. The third-order valence-electron chi connectivity index (χ3n) is 7.84. The normalized spacial score (nSPS) is 24.0. The first kappa shape index (κ1) is 24.2. The van der Waals surface area contributed by atoms with Gasteiger partial charge in [0, 0.05) is 45.0 Å². The number of carbonyl (C=O) groups is 2. The second kappa shape index (κ2) is 11.0. The standard InChI is InChI=1S/C27H41N3O3/c1-20(2)25(30-19-21-10-4-5-12-23(21)26(30)31)27(32)29(16-9-17-33-3)18-22-11-8-15-28-14-7-6-13-24(22)28/h4-5,10,12,20,22,24-25H,6-9,11,13-19H2,1-3H3/t22-,24+,25-/m0/s1. The van der Waals surface area contributed by atoms with Crippen molar-refractivity contribution >= 4 is 11.8 Å². The van der Waals surface area contributed by atoms with Gasteiger partial charge in [0.1, 0.15) is 6.04 Å². The van der Waals surface area contributed by atoms with E-state index in [-0.39, 0.29) is 17.7 Å². The first-order valence-corrected chi connectivity index (χ1v) is 12.9. The van der Waals surface area contributed by atoms with Gasteiger partial charge in [-0.15, -0.1) is 0 Å². The van der Waals surface area contributed by atoms with Gasteiger partial charge in [0.2, 0.25) is 5.91 Å². The molecule has 4 rings (SSSR count). The lowest BCUT2D eigenvalue weighted by Crippen LogP contribution is -2.55. The Bertz CT molecular complexity index is 825. The molecule has 0 bridgehead atoms. The van der Waals surface area contributed by atoms with Gasteiger partial charge in [-0.1, -0.05) is 38.5 Å². The molecule has 2 saturated heterocycles. The Kier molecular flexibility index (Phi) is 8.07. The smallest absolute Gasteiger partial charge is 0.255 e. The highest BCUT2D eigenvalue weighted by Crippen LogP contribution is 2.33. The summed E-state index contributed by atoms with van der Waals surface area (Å²) in [4.78, 5) is 33.9. The van der Waals surface area contributed by atoms with Crippen molar-refractivity contribution in [3.63, 3.8) is 0 Å². The van der Waals surface area contributed by atoms with Gasteiger partial charge in [-0.2, -0.15) is 0 Å². The Balaban J connectivity index is 1.53. The van der Waals surface area contributed by atoms with Crippen molar-refractivity contribution in [2.24, 2.45) is 11.8 Å². The van der Waals surface area contributed by atoms with Gasteiger partial charge in [0.25, 0.3) is 5.91 Å². The van der Waals surface area contributed by atoms with E-state index in [2.05, 4.69) is 23.6 Å². The maximum Gasteiger partial charge on any atom is 0.255 e. The SMILES string of the molecule is COCCCN(C[C@@H]1CCCN2CCCC[C@H]12)C(=O)[C@H](C(C)C)N1Cc2ccccc2C1=O. The Morgan fingerprint density at radius 1 is 1.15 bits per heavy atom. The summed E-state index contributed by atoms with van der Waals surface area (Å²) in [7, 11) is 1.71. The molecule has 3 heterocycles. The molecule has 3 aliphatic heterocycles. The Labute approximate surface area is 199 Å². The lowest BCUT2D eigenvalue weighted by atomic mass is 9.83. The molecule has 2 fully saturated rings. The highest BCUT2D eigenvalue weighted by Gasteiger charge is 2.41. The van der Waals surface area contributed by atoms with Gasteiger partial charge in [0.15, 0.2) is 0 Å². The zero-order chi connectivity index (χ0) is 23.4. The first-order valence-electron chi connectivity index (χ1n) is 12.9. The summed E-state index contributed by atoms with van der Waals surface area (Å²) in [5, 5.41) is 0. The molecule has 182 valence electrons. The fourth-order valence-electron chi connectivity index (χ4n) is 6.23. The summed E-state index contributed by atoms with van der Waals surface area (Å²) in [5.74, 6) is 0.670. The molecule has 3 atom stereocenters. The minimum atomic E-state index is -0.432. The topological polar surface area (TPSA) is 53.1 Å². The number of benzene rings is 1. The van der Waals surface area contributed by atoms with Crippen LogP contribution in [0.15, 0.2) is 24.3 Å². The maximum atomic E-state index is 14.1. The van der Waals surface area contributed by atoms with Crippen LogP contribution < -0.4 is 0 Å². The number of hydrogen-bond acceptors (Lipinski definition) is 4. The predicted molar refractivity (Wildman–Crippen MR) is 130 cm³/mol. The minimum Gasteiger partial charge on any atom is -0.385 e. The molecule has 1 aromatic rings. The van der Waals surface area contributed by atoms with E-state index < -0.39 is 6.04 Å². The van der Waals surface area contributed by atoms with Crippen molar-refractivity contribution in [3.8, 4) is 0 Å². The molecule has 0 spiro atoms. The summed E-state index contributed by atoms with van der Waals surface area (Å²) in [6, 6.07) is 7.93. The number of fused-ring (bicyclic) bond motifs is 2. The van der Waals surface area contributed by atoms with Crippen LogP contribution >= 0.6 is 0 Å². The minimum absolute atomic E-state index is 0.00869. The van der Waals surface area contributed by atoms with Crippen LogP contribution in [0.4, 0.5) is 0 Å². The number of carbonyl (C=O) groups excluding carboxylic acids is 2. The maximum absolute atomic E-state index is 14.1. The average molecular weight is 456 g/mol. The largest absolute Gasteiger partial charge is 0.385 e. The van der Waals surface area contributed by atoms with Crippen molar-refractivity contribution in [2.75, 3.05) is 39.9 Å². The number of hydrogen-bond donors (Lipinski definition) is 0. The van der Waals surface area contributed by atoms with Crippen molar-refractivity contribution < 1.29 is 14.3 Å². The molecule has 1 aromatic carbocycles. The quantitative estimate of drug-likeness (QED) is 0.532. The molecular weight excluding hydrogens is 414 g/mol. The van der Waals surface area contributed by atoms with Gasteiger partial charge < -0.3 is 19.4 Å². The van der Waals surface area contributed by atoms with E-state index >= 15 is 0 Å². The molecular formula is C27H41N3O3. The van der Waals surface area contributed by atoms with E-state index in [1.165, 1.54) is 45.2 Å². The fraction of sp³-hybridized carbons (Fsp3) is 0.704. The average Bonchev–Trinajstić information content (AvgIpc) is 3.14. The van der Waals surface area contributed by atoms with Crippen LogP contribution in [0, 0.1) is 11.8 Å². The van der Waals surface area contributed by atoms with Crippen molar-refractivity contribution in [2.45, 2.75) is 71.0 Å². The molecule has 33 heavy (non-hydrogen) atoms. The molecule has 2 amide bonds. The Hall–Kier alpha value is -1.92. The van der Waals surface area contributed by atoms with Crippen LogP contribution in [-0.2, 0) is 16.1 Å². The second-order valence-electron chi connectivity index (χ2n) is 10.4. The molecule has 0 N–H and O–H groups in total. The lowest BCUT2D eigenvalue weighted by Gasteiger charge is -2.46. The summed E-state index contributed by atoms with van der Waals surface area (Å²) in [6.45, 7) is 9.18. The Morgan fingerprint density at radius 3 is 2.70 bits per heavy atom. The lowest BCUT2D eigenvalue weighted by molar-refractivity contribution is -0.139. The van der Waals surface area contributed by atoms with Gasteiger partial charge >= 0.3 is 0 Å². The summed E-state index contributed by atoms with van der Waals surface area (Å²) in [5.41, 5.74) is 1.77. The Morgan fingerprint density at radius 2 is 1.94 bits per heavy atom. The monoisotopic (exact) mass is 455 g/mol. The first-order chi connectivity index (χ1) is 16.0. The highest BCUT2D eigenvalue weighted by molar-refractivity contribution is 6.01. The van der Waals surface area contributed by atoms with Crippen molar-refractivity contribution in [1.82, 2.24) is 14.7 Å². The molecule has 0 unspecified atom stereocenters. The molecule has 0 radical (unpaired) electrons. The van der Waals surface area contributed by atoms with Crippen molar-refractivity contribution in [3.05, 3.63) is 35.4 Å². The summed E-state index contributed by atoms with van der Waals surface area (Å²) >= 11 is 0. The molecule has 6 heteroatoms. The van der Waals surface area contributed by atoms with E-state index in [1.807, 2.05) is 29.2 Å². The van der Waals surface area contributed by atoms with E-state index in [1.54, 1.807) is 7.11 Å². The van der Waals surface area contributed by atoms with Crippen LogP contribution in [-0.4, -0.2) is 78.5 Å². The van der Waals surface area contributed by atoms with Gasteiger partial charge in [-0.05, 0) is 68.7 Å². The van der Waals surface area contributed by atoms with Crippen LogP contribution in [0.5, 0.6) is 0 Å². The molecule has 0 aliphatic carbocycles. The summed E-state index contributed by atoms with van der Waals surface area (Å²) in [6.07, 6.45) is 7.07. The number of methoxy groups -OCH3 is 1. The van der Waals surface area contributed by atoms with E-state index in [9.17, 15) is 9.59 Å². The molecule has 6 nitrogen and oxygen atoms in total. The number of piperidine rings is 2. The van der Waals surface area contributed by atoms with E-state index in [4.69, 9.17) is 4.74 Å². The van der Waals surface area contributed by atoms with Gasteiger partial charge in [-0.3, -0.25) is 9.59 Å². The van der Waals surface area contributed by atoms with E-state index in [0.717, 1.165) is 24.1 Å². The number of rotatable bonds is 9. The van der Waals surface area contributed by atoms with Crippen LogP contribution in [0.1, 0.15) is 68.3 Å². The zero-order valence-electron chi connectivity index (χ0n) is 20.7. The third kappa shape index (κ3) is 5.27. The number of nitrogens with zero attached hydrogens (tertiary/aromatic N) is 3. The molecule has 0 saturated carbocycles. The van der Waals surface area contributed by atoms with Crippen LogP contribution in [0.3, 0.4) is 0 Å². The predicted octanol–water partition coefficient (Wildman–Crippen LogP) is 3.80. The van der Waals surface area contributed by atoms with Gasteiger partial charge in [-0.25, -0.2) is 0 Å². The summed E-state index contributed by atoms with van der Waals surface area (Å²) < 4.78 is 5.30. The number of amides is 2. The fourth-order valence-corrected chi connectivity index (χ4v) is 6.23. The zero-order valence-corrected chi connectivity index (χ0v) is 20.7. The molecule has 0 aromatic heterocycles. The van der Waals surface area contributed by atoms with E-state index in [0.29, 0.717) is 31.7 Å². The van der Waals surface area contributed by atoms with Gasteiger partial charge in [0.05, 0.1) is 0 Å². The third-order valence-corrected chi connectivity index (χ3v) is 7.84. The second-order valence-corrected chi connectivity index (χ2v) is 10.4. The van der Waals surface area contributed by atoms with Crippen LogP contribution in [0.25, 0.3) is 0 Å². The van der Waals surface area contributed by atoms with Crippen LogP contribution in [0.2, 0.25) is 0 Å². The number of ether oxygens (including phenoxy) is 1. The molecule has 3 aliphatic rings. The van der Waals surface area contributed by atoms with Crippen molar-refractivity contribution in [1.29, 1.82) is 0 Å².